The van der Waals surface area contributed by atoms with Gasteiger partial charge in [0.05, 0.1) is 25.7 Å². The van der Waals surface area contributed by atoms with Crippen LogP contribution in [0.5, 0.6) is 0 Å². The monoisotopic (exact) mass is 502 g/mol. The molecule has 36 heavy (non-hydrogen) atoms. The van der Waals surface area contributed by atoms with Crippen molar-refractivity contribution < 1.29 is 28.9 Å². The van der Waals surface area contributed by atoms with E-state index >= 15 is 0 Å². The van der Waals surface area contributed by atoms with Crippen molar-refractivity contribution in [1.82, 2.24) is 0 Å². The van der Waals surface area contributed by atoms with E-state index in [0.29, 0.717) is 37.4 Å². The third-order valence-corrected chi connectivity index (χ3v) is 10.9. The number of aliphatic hydroxyl groups is 1. The second-order valence-corrected chi connectivity index (χ2v) is 13.2. The van der Waals surface area contributed by atoms with E-state index in [1.807, 2.05) is 0 Å². The van der Waals surface area contributed by atoms with Gasteiger partial charge in [0.25, 0.3) is 0 Å². The molecule has 1 spiro atoms. The highest BCUT2D eigenvalue weighted by Crippen LogP contribution is 2.72. The van der Waals surface area contributed by atoms with Crippen molar-refractivity contribution in [3.05, 3.63) is 11.6 Å². The molecule has 0 aromatic carbocycles. The molecular weight excluding hydrogens is 456 g/mol. The fourth-order valence-corrected chi connectivity index (χ4v) is 9.11. The zero-order valence-corrected chi connectivity index (χ0v) is 22.7. The number of carbonyl (C=O) groups is 2. The third-order valence-electron chi connectivity index (χ3n) is 10.9. The van der Waals surface area contributed by atoms with Gasteiger partial charge in [0.2, 0.25) is 0 Å². The quantitative estimate of drug-likeness (QED) is 0.201. The number of epoxide rings is 1. The molecule has 0 aromatic rings. The number of fused-ring (bicyclic) bond motifs is 2. The molecule has 6 rings (SSSR count). The van der Waals surface area contributed by atoms with Crippen LogP contribution in [0.1, 0.15) is 79.1 Å². The van der Waals surface area contributed by atoms with E-state index in [1.165, 1.54) is 5.57 Å². The zero-order chi connectivity index (χ0) is 25.7. The molecule has 6 aliphatic rings. The summed E-state index contributed by atoms with van der Waals surface area (Å²) in [6.07, 6.45) is 10.4. The summed E-state index contributed by atoms with van der Waals surface area (Å²) in [7, 11) is 0. The average Bonchev–Trinajstić information content (AvgIpc) is 3.67. The van der Waals surface area contributed by atoms with Crippen LogP contribution in [0.25, 0.3) is 0 Å². The van der Waals surface area contributed by atoms with Crippen molar-refractivity contribution in [2.75, 3.05) is 33.0 Å². The number of carbonyl (C=O) groups excluding carboxylic acids is 2. The van der Waals surface area contributed by atoms with E-state index in [0.717, 1.165) is 51.6 Å². The van der Waals surface area contributed by atoms with Crippen molar-refractivity contribution in [2.45, 2.75) is 85.2 Å². The minimum atomic E-state index is -0.344. The van der Waals surface area contributed by atoms with Gasteiger partial charge >= 0.3 is 5.97 Å². The number of Topliss-reactive ketones (excluding diaryl/α,β-unsaturated/α-hetero) is 1. The second kappa shape index (κ2) is 9.81. The first-order chi connectivity index (χ1) is 17.1. The third kappa shape index (κ3) is 4.39. The molecule has 4 fully saturated rings. The molecule has 2 bridgehead atoms. The number of rotatable bonds is 10. The summed E-state index contributed by atoms with van der Waals surface area (Å²) >= 11 is 0. The minimum Gasteiger partial charge on any atom is -0.465 e. The normalized spacial score (nSPS) is 42.9. The van der Waals surface area contributed by atoms with Gasteiger partial charge < -0.3 is 19.3 Å². The Morgan fingerprint density at radius 1 is 1.19 bits per heavy atom. The number of hydrogen-bond donors (Lipinski definition) is 1. The van der Waals surface area contributed by atoms with Gasteiger partial charge in [-0.05, 0) is 73.0 Å². The highest BCUT2D eigenvalue weighted by molar-refractivity contribution is 5.86. The Bertz CT molecular complexity index is 892. The van der Waals surface area contributed by atoms with Crippen molar-refractivity contribution in [2.24, 2.45) is 45.8 Å². The van der Waals surface area contributed by atoms with Crippen LogP contribution >= 0.6 is 0 Å². The summed E-state index contributed by atoms with van der Waals surface area (Å²) in [5, 5.41) is 9.12. The first-order valence-corrected chi connectivity index (χ1v) is 14.4. The van der Waals surface area contributed by atoms with Crippen LogP contribution in [0.2, 0.25) is 0 Å². The molecule has 6 nitrogen and oxygen atoms in total. The molecule has 1 aliphatic heterocycles. The maximum Gasteiger partial charge on any atom is 0.309 e. The van der Waals surface area contributed by atoms with Crippen LogP contribution in [-0.4, -0.2) is 56.0 Å². The van der Waals surface area contributed by atoms with Gasteiger partial charge in [0.15, 0.2) is 5.78 Å². The Morgan fingerprint density at radius 3 is 2.67 bits per heavy atom. The van der Waals surface area contributed by atoms with Crippen LogP contribution in [0.4, 0.5) is 0 Å². The molecule has 0 radical (unpaired) electrons. The predicted octanol–water partition coefficient (Wildman–Crippen LogP) is 4.73. The van der Waals surface area contributed by atoms with Crippen LogP contribution < -0.4 is 0 Å². The molecule has 1 heterocycles. The minimum absolute atomic E-state index is 0.0153. The highest BCUT2D eigenvalue weighted by atomic mass is 16.6. The Balaban J connectivity index is 1.39. The lowest BCUT2D eigenvalue weighted by molar-refractivity contribution is -0.181. The summed E-state index contributed by atoms with van der Waals surface area (Å²) < 4.78 is 16.7. The fraction of sp³-hybridized carbons (Fsp3) is 0.867. The molecule has 0 amide bonds. The largest absolute Gasteiger partial charge is 0.465 e. The predicted molar refractivity (Wildman–Crippen MR) is 136 cm³/mol. The van der Waals surface area contributed by atoms with E-state index < -0.39 is 0 Å². The van der Waals surface area contributed by atoms with Gasteiger partial charge in [-0.25, -0.2) is 0 Å². The van der Waals surface area contributed by atoms with Gasteiger partial charge in [-0.3, -0.25) is 9.59 Å². The van der Waals surface area contributed by atoms with Gasteiger partial charge in [-0.15, -0.1) is 0 Å². The number of ketones is 1. The van der Waals surface area contributed by atoms with E-state index in [-0.39, 0.29) is 59.2 Å². The standard InChI is InChI=1S/C30H46O6/c1-19(2)22-14-30-10-7-24-28(3,8-5-9-29(24,4)26(32)18-34-16-20-17-36-20)25(30)13-21(22)23(15-30)27(33)35-12-6-11-31/h14,19-21,23-25,31H,5-13,15-18H2,1-4H3. The number of esters is 1. The van der Waals surface area contributed by atoms with Gasteiger partial charge in [-0.1, -0.05) is 45.8 Å². The Morgan fingerprint density at radius 2 is 1.97 bits per heavy atom. The molecule has 202 valence electrons. The van der Waals surface area contributed by atoms with E-state index in [1.54, 1.807) is 0 Å². The topological polar surface area (TPSA) is 85.4 Å². The highest BCUT2D eigenvalue weighted by Gasteiger charge is 2.66. The first-order valence-electron chi connectivity index (χ1n) is 14.4. The maximum atomic E-state index is 13.6. The molecule has 1 saturated heterocycles. The lowest BCUT2D eigenvalue weighted by atomic mass is 9.36. The first kappa shape index (κ1) is 26.4. The zero-order valence-electron chi connectivity index (χ0n) is 22.7. The van der Waals surface area contributed by atoms with Crippen molar-refractivity contribution >= 4 is 11.8 Å². The van der Waals surface area contributed by atoms with Crippen molar-refractivity contribution in [1.29, 1.82) is 0 Å². The number of aliphatic hydroxyl groups excluding tert-OH is 1. The molecule has 6 heteroatoms. The molecule has 8 atom stereocenters. The Hall–Kier alpha value is -1.24. The smallest absolute Gasteiger partial charge is 0.309 e. The lowest BCUT2D eigenvalue weighted by Crippen LogP contribution is -2.62. The molecule has 0 aromatic heterocycles. The SMILES string of the molecule is CC(C)C1=CC23CCC4C(C)(C(=O)COCC5CO5)CCCC4(C)C2CC1C(C(=O)OCCCO)C3. The molecular formula is C30H46O6. The van der Waals surface area contributed by atoms with Gasteiger partial charge in [-0.2, -0.15) is 0 Å². The van der Waals surface area contributed by atoms with Crippen molar-refractivity contribution in [3.8, 4) is 0 Å². The Labute approximate surface area is 216 Å². The van der Waals surface area contributed by atoms with Crippen molar-refractivity contribution in [3.63, 3.8) is 0 Å². The average molecular weight is 503 g/mol. The maximum absolute atomic E-state index is 13.6. The van der Waals surface area contributed by atoms with Crippen LogP contribution in [0.3, 0.4) is 0 Å². The van der Waals surface area contributed by atoms with E-state index in [4.69, 9.17) is 19.3 Å². The molecule has 5 aliphatic carbocycles. The number of hydrogen-bond acceptors (Lipinski definition) is 6. The van der Waals surface area contributed by atoms with E-state index in [9.17, 15) is 9.59 Å². The summed E-state index contributed by atoms with van der Waals surface area (Å²) in [5.41, 5.74) is 1.20. The van der Waals surface area contributed by atoms with E-state index in [2.05, 4.69) is 33.8 Å². The fourth-order valence-electron chi connectivity index (χ4n) is 9.11. The molecule has 1 N–H and O–H groups in total. The summed E-state index contributed by atoms with van der Waals surface area (Å²) in [5.74, 6) is 1.58. The van der Waals surface area contributed by atoms with Crippen LogP contribution in [-0.2, 0) is 23.8 Å². The van der Waals surface area contributed by atoms with Crippen LogP contribution in [0, 0.1) is 45.8 Å². The Kier molecular flexibility index (Phi) is 7.19. The molecule has 8 unspecified atom stereocenters. The summed E-state index contributed by atoms with van der Waals surface area (Å²) in [4.78, 5) is 26.8. The summed E-state index contributed by atoms with van der Waals surface area (Å²) in [6.45, 7) is 11.0. The lowest BCUT2D eigenvalue weighted by Gasteiger charge is -2.67. The summed E-state index contributed by atoms with van der Waals surface area (Å²) in [6, 6.07) is 0. The van der Waals surface area contributed by atoms with Gasteiger partial charge in [0, 0.05) is 18.4 Å². The van der Waals surface area contributed by atoms with Crippen LogP contribution in [0.15, 0.2) is 11.6 Å². The number of allylic oxidation sites excluding steroid dienone is 2. The molecule has 3 saturated carbocycles. The second-order valence-electron chi connectivity index (χ2n) is 13.2. The van der Waals surface area contributed by atoms with Gasteiger partial charge in [0.1, 0.15) is 12.7 Å². The number of ether oxygens (including phenoxy) is 3.